The average Bonchev–Trinajstić information content (AvgIpc) is 2.46. The Hall–Kier alpha value is -1.45. The molecule has 4 nitrogen and oxygen atoms in total. The highest BCUT2D eigenvalue weighted by molar-refractivity contribution is 5.45. The van der Waals surface area contributed by atoms with Crippen molar-refractivity contribution in [1.29, 1.82) is 0 Å². The molecule has 0 aromatic carbocycles. The molecule has 2 aromatic rings. The van der Waals surface area contributed by atoms with Gasteiger partial charge >= 0.3 is 0 Å². The SMILES string of the molecule is CC(C)c1cc2ccnnn2n1. The van der Waals surface area contributed by atoms with Gasteiger partial charge in [0.1, 0.15) is 0 Å². The zero-order chi connectivity index (χ0) is 8.55. The number of fused-ring (bicyclic) bond motifs is 1. The van der Waals surface area contributed by atoms with Crippen LogP contribution in [0.3, 0.4) is 0 Å². The van der Waals surface area contributed by atoms with E-state index in [1.54, 1.807) is 10.8 Å². The molecular formula is C8H10N4. The normalized spacial score (nSPS) is 11.2. The predicted molar refractivity (Wildman–Crippen MR) is 44.9 cm³/mol. The third kappa shape index (κ3) is 1.05. The predicted octanol–water partition coefficient (Wildman–Crippen LogP) is 1.25. The lowest BCUT2D eigenvalue weighted by Gasteiger charge is -1.94. The Labute approximate surface area is 70.2 Å². The summed E-state index contributed by atoms with van der Waals surface area (Å²) in [6, 6.07) is 3.92. The maximum absolute atomic E-state index is 4.26. The van der Waals surface area contributed by atoms with Gasteiger partial charge in [0.05, 0.1) is 17.4 Å². The maximum Gasteiger partial charge on any atom is 0.0909 e. The van der Waals surface area contributed by atoms with Crippen molar-refractivity contribution in [2.24, 2.45) is 0 Å². The first-order valence-electron chi connectivity index (χ1n) is 3.95. The van der Waals surface area contributed by atoms with Crippen LogP contribution in [0.2, 0.25) is 0 Å². The Kier molecular flexibility index (Phi) is 1.53. The number of hydrogen-bond donors (Lipinski definition) is 0. The van der Waals surface area contributed by atoms with E-state index < -0.39 is 0 Å². The van der Waals surface area contributed by atoms with Crippen molar-refractivity contribution in [1.82, 2.24) is 20.0 Å². The Morgan fingerprint density at radius 2 is 2.25 bits per heavy atom. The summed E-state index contributed by atoms with van der Waals surface area (Å²) < 4.78 is 1.55. The van der Waals surface area contributed by atoms with Gasteiger partial charge in [-0.3, -0.25) is 0 Å². The van der Waals surface area contributed by atoms with Gasteiger partial charge in [0.25, 0.3) is 0 Å². The summed E-state index contributed by atoms with van der Waals surface area (Å²) >= 11 is 0. The fraction of sp³-hybridized carbons (Fsp3) is 0.375. The number of nitrogens with zero attached hydrogens (tertiary/aromatic N) is 4. The highest BCUT2D eigenvalue weighted by atomic mass is 15.5. The van der Waals surface area contributed by atoms with Gasteiger partial charge in [-0.1, -0.05) is 13.8 Å². The molecule has 2 heterocycles. The van der Waals surface area contributed by atoms with Crippen molar-refractivity contribution < 1.29 is 0 Å². The summed E-state index contributed by atoms with van der Waals surface area (Å²) in [6.45, 7) is 4.21. The van der Waals surface area contributed by atoms with Gasteiger partial charge in [0.15, 0.2) is 0 Å². The maximum atomic E-state index is 4.26. The Bertz CT molecular complexity index is 358. The second-order valence-corrected chi connectivity index (χ2v) is 3.06. The second kappa shape index (κ2) is 2.55. The van der Waals surface area contributed by atoms with E-state index in [1.807, 2.05) is 12.1 Å². The van der Waals surface area contributed by atoms with Crippen LogP contribution >= 0.6 is 0 Å². The minimum absolute atomic E-state index is 0.437. The zero-order valence-corrected chi connectivity index (χ0v) is 7.10. The smallest absolute Gasteiger partial charge is 0.0909 e. The summed E-state index contributed by atoms with van der Waals surface area (Å²) in [5.41, 5.74) is 2.05. The standard InChI is InChI=1S/C8H10N4/c1-6(2)8-5-7-3-4-9-11-12(7)10-8/h3-6H,1-2H3. The van der Waals surface area contributed by atoms with Crippen molar-refractivity contribution >= 4 is 5.52 Å². The van der Waals surface area contributed by atoms with Gasteiger partial charge in [-0.2, -0.15) is 5.10 Å². The first-order valence-corrected chi connectivity index (χ1v) is 3.95. The molecule has 0 aliphatic heterocycles. The summed E-state index contributed by atoms with van der Waals surface area (Å²) in [7, 11) is 0. The summed E-state index contributed by atoms with van der Waals surface area (Å²) in [5.74, 6) is 0.437. The molecule has 0 saturated heterocycles. The zero-order valence-electron chi connectivity index (χ0n) is 7.10. The average molecular weight is 162 g/mol. The van der Waals surface area contributed by atoms with Crippen LogP contribution in [0.25, 0.3) is 5.52 Å². The molecule has 0 atom stereocenters. The molecule has 2 rings (SSSR count). The largest absolute Gasteiger partial charge is 0.153 e. The molecule has 4 heteroatoms. The lowest BCUT2D eigenvalue weighted by atomic mass is 10.1. The van der Waals surface area contributed by atoms with Gasteiger partial charge in [-0.05, 0) is 23.3 Å². The number of rotatable bonds is 1. The van der Waals surface area contributed by atoms with E-state index in [1.165, 1.54) is 0 Å². The van der Waals surface area contributed by atoms with Crippen LogP contribution in [-0.4, -0.2) is 20.0 Å². The molecule has 0 unspecified atom stereocenters. The number of hydrogen-bond acceptors (Lipinski definition) is 3. The number of aromatic nitrogens is 4. The van der Waals surface area contributed by atoms with Crippen LogP contribution in [-0.2, 0) is 0 Å². The van der Waals surface area contributed by atoms with Crippen molar-refractivity contribution in [3.63, 3.8) is 0 Å². The highest BCUT2D eigenvalue weighted by Crippen LogP contribution is 2.13. The van der Waals surface area contributed by atoms with Gasteiger partial charge in [-0.15, -0.1) is 9.73 Å². The van der Waals surface area contributed by atoms with Gasteiger partial charge in [0, 0.05) is 0 Å². The molecule has 0 fully saturated rings. The molecule has 0 aliphatic carbocycles. The first-order chi connectivity index (χ1) is 5.77. The molecule has 12 heavy (non-hydrogen) atoms. The molecule has 2 aromatic heterocycles. The summed E-state index contributed by atoms with van der Waals surface area (Å²) in [5, 5.41) is 11.8. The quantitative estimate of drug-likeness (QED) is 0.633. The van der Waals surface area contributed by atoms with E-state index in [2.05, 4.69) is 29.3 Å². The third-order valence-electron chi connectivity index (χ3n) is 1.78. The van der Waals surface area contributed by atoms with Crippen molar-refractivity contribution in [2.45, 2.75) is 19.8 Å². The first kappa shape index (κ1) is 7.21. The molecular weight excluding hydrogens is 152 g/mol. The van der Waals surface area contributed by atoms with E-state index in [4.69, 9.17) is 0 Å². The molecule has 0 N–H and O–H groups in total. The van der Waals surface area contributed by atoms with Crippen LogP contribution in [0.4, 0.5) is 0 Å². The van der Waals surface area contributed by atoms with E-state index in [-0.39, 0.29) is 0 Å². The molecule has 0 spiro atoms. The molecule has 0 bridgehead atoms. The lowest BCUT2D eigenvalue weighted by Crippen LogP contribution is -1.96. The van der Waals surface area contributed by atoms with Crippen molar-refractivity contribution in [3.8, 4) is 0 Å². The Morgan fingerprint density at radius 1 is 1.42 bits per heavy atom. The fourth-order valence-electron chi connectivity index (χ4n) is 1.06. The van der Waals surface area contributed by atoms with E-state index in [0.29, 0.717) is 5.92 Å². The Balaban J connectivity index is 2.62. The molecule has 0 aliphatic rings. The van der Waals surface area contributed by atoms with Gasteiger partial charge < -0.3 is 0 Å². The van der Waals surface area contributed by atoms with Crippen LogP contribution in [0.5, 0.6) is 0 Å². The van der Waals surface area contributed by atoms with Gasteiger partial charge in [0.2, 0.25) is 0 Å². The van der Waals surface area contributed by atoms with E-state index >= 15 is 0 Å². The van der Waals surface area contributed by atoms with Crippen LogP contribution in [0.15, 0.2) is 18.3 Å². The van der Waals surface area contributed by atoms with Crippen LogP contribution < -0.4 is 0 Å². The monoisotopic (exact) mass is 162 g/mol. The second-order valence-electron chi connectivity index (χ2n) is 3.06. The third-order valence-corrected chi connectivity index (χ3v) is 1.78. The fourth-order valence-corrected chi connectivity index (χ4v) is 1.06. The van der Waals surface area contributed by atoms with E-state index in [0.717, 1.165) is 11.2 Å². The topological polar surface area (TPSA) is 43.1 Å². The minimum Gasteiger partial charge on any atom is -0.153 e. The summed E-state index contributed by atoms with van der Waals surface area (Å²) in [6.07, 6.45) is 1.67. The van der Waals surface area contributed by atoms with Crippen molar-refractivity contribution in [2.75, 3.05) is 0 Å². The molecule has 62 valence electrons. The highest BCUT2D eigenvalue weighted by Gasteiger charge is 2.04. The van der Waals surface area contributed by atoms with Crippen LogP contribution in [0.1, 0.15) is 25.5 Å². The van der Waals surface area contributed by atoms with Gasteiger partial charge in [-0.25, -0.2) is 0 Å². The van der Waals surface area contributed by atoms with Crippen molar-refractivity contribution in [3.05, 3.63) is 24.0 Å². The summed E-state index contributed by atoms with van der Waals surface area (Å²) in [4.78, 5) is 0. The molecule has 0 saturated carbocycles. The lowest BCUT2D eigenvalue weighted by molar-refractivity contribution is 0.686. The molecule has 0 amide bonds. The molecule has 0 radical (unpaired) electrons. The minimum atomic E-state index is 0.437. The Morgan fingerprint density at radius 3 is 2.92 bits per heavy atom. The van der Waals surface area contributed by atoms with Crippen LogP contribution in [0, 0.1) is 0 Å². The van der Waals surface area contributed by atoms with E-state index in [9.17, 15) is 0 Å².